The number of carbonyl (C=O) groups is 1. The summed E-state index contributed by atoms with van der Waals surface area (Å²) in [6.45, 7) is 2.02. The van der Waals surface area contributed by atoms with Gasteiger partial charge in [-0.15, -0.1) is 0 Å². The van der Waals surface area contributed by atoms with Crippen LogP contribution in [0.15, 0.2) is 0 Å². The quantitative estimate of drug-likeness (QED) is 0.690. The highest BCUT2D eigenvalue weighted by molar-refractivity contribution is 5.86. The van der Waals surface area contributed by atoms with Gasteiger partial charge in [-0.2, -0.15) is 0 Å². The molecule has 4 rings (SSSR count). The average Bonchev–Trinajstić information content (AvgIpc) is 2.20. The van der Waals surface area contributed by atoms with Crippen LogP contribution in [-0.2, 0) is 4.79 Å². The minimum atomic E-state index is -0.634. The van der Waals surface area contributed by atoms with Gasteiger partial charge in [0.1, 0.15) is 5.78 Å². The molecule has 5 unspecified atom stereocenters. The van der Waals surface area contributed by atoms with Gasteiger partial charge in [-0.25, -0.2) is 0 Å². The van der Waals surface area contributed by atoms with Crippen molar-refractivity contribution in [2.75, 3.05) is 0 Å². The molecule has 14 heavy (non-hydrogen) atoms. The number of Topliss-reactive ketones (excluding diaryl/α,β-unsaturated/α-hetero) is 1. The lowest BCUT2D eigenvalue weighted by Crippen LogP contribution is -2.61. The third-order valence-corrected chi connectivity index (χ3v) is 5.00. The van der Waals surface area contributed by atoms with Gasteiger partial charge >= 0.3 is 0 Å². The van der Waals surface area contributed by atoms with E-state index in [9.17, 15) is 9.90 Å². The molecule has 0 aromatic heterocycles. The van der Waals surface area contributed by atoms with E-state index in [1.54, 1.807) is 0 Å². The Balaban J connectivity index is 2.01. The van der Waals surface area contributed by atoms with Crippen LogP contribution in [-0.4, -0.2) is 16.5 Å². The van der Waals surface area contributed by atoms with Crippen molar-refractivity contribution in [3.05, 3.63) is 0 Å². The van der Waals surface area contributed by atoms with Gasteiger partial charge < -0.3 is 5.11 Å². The van der Waals surface area contributed by atoms with E-state index in [4.69, 9.17) is 0 Å². The van der Waals surface area contributed by atoms with E-state index in [1.807, 2.05) is 6.92 Å². The van der Waals surface area contributed by atoms with E-state index in [-0.39, 0.29) is 5.92 Å². The molecule has 4 aliphatic rings. The van der Waals surface area contributed by atoms with Crippen LogP contribution in [0.3, 0.4) is 0 Å². The van der Waals surface area contributed by atoms with Crippen LogP contribution in [0.5, 0.6) is 0 Å². The third-order valence-electron chi connectivity index (χ3n) is 5.00. The Bertz CT molecular complexity index is 286. The highest BCUT2D eigenvalue weighted by Crippen LogP contribution is 2.57. The summed E-state index contributed by atoms with van der Waals surface area (Å²) in [6.07, 6.45) is 4.98. The molecule has 0 aromatic rings. The van der Waals surface area contributed by atoms with Crippen LogP contribution in [0.25, 0.3) is 0 Å². The van der Waals surface area contributed by atoms with Gasteiger partial charge in [0.05, 0.1) is 5.60 Å². The maximum atomic E-state index is 12.0. The Labute approximate surface area is 84.7 Å². The molecule has 4 bridgehead atoms. The number of carbonyl (C=O) groups excluding carboxylic acids is 1. The van der Waals surface area contributed by atoms with Gasteiger partial charge in [0, 0.05) is 11.8 Å². The molecule has 2 nitrogen and oxygen atoms in total. The van der Waals surface area contributed by atoms with E-state index in [0.717, 1.165) is 31.6 Å². The van der Waals surface area contributed by atoms with E-state index < -0.39 is 5.60 Å². The molecular weight excluding hydrogens is 176 g/mol. The van der Waals surface area contributed by atoms with Crippen molar-refractivity contribution in [3.63, 3.8) is 0 Å². The van der Waals surface area contributed by atoms with Gasteiger partial charge in [-0.1, -0.05) is 6.92 Å². The Morgan fingerprint density at radius 3 is 2.86 bits per heavy atom. The first-order chi connectivity index (χ1) is 6.65. The molecule has 0 spiro atoms. The molecule has 1 N–H and O–H groups in total. The van der Waals surface area contributed by atoms with Crippen molar-refractivity contribution < 1.29 is 9.90 Å². The van der Waals surface area contributed by atoms with Gasteiger partial charge in [0.15, 0.2) is 0 Å². The fourth-order valence-corrected chi connectivity index (χ4v) is 4.27. The predicted molar refractivity (Wildman–Crippen MR) is 52.7 cm³/mol. The summed E-state index contributed by atoms with van der Waals surface area (Å²) in [6, 6.07) is 0. The second kappa shape index (κ2) is 2.60. The monoisotopic (exact) mass is 194 g/mol. The minimum Gasteiger partial charge on any atom is -0.389 e. The molecule has 0 saturated heterocycles. The summed E-state index contributed by atoms with van der Waals surface area (Å²) in [5.41, 5.74) is -0.634. The number of aliphatic hydroxyl groups is 1. The second-order valence-corrected chi connectivity index (χ2v) is 5.50. The van der Waals surface area contributed by atoms with Crippen molar-refractivity contribution in [2.24, 2.45) is 23.7 Å². The summed E-state index contributed by atoms with van der Waals surface area (Å²) >= 11 is 0. The standard InChI is InChI=1S/C12H18O2/c1-2-12(14)9-4-7-3-8(6-9)11(13)10(12)5-7/h7-10,14H,2-6H2,1H3. The van der Waals surface area contributed by atoms with Crippen molar-refractivity contribution in [2.45, 2.75) is 44.6 Å². The van der Waals surface area contributed by atoms with Crippen molar-refractivity contribution >= 4 is 5.78 Å². The highest BCUT2D eigenvalue weighted by atomic mass is 16.3. The first kappa shape index (κ1) is 8.90. The van der Waals surface area contributed by atoms with Gasteiger partial charge in [-0.3, -0.25) is 4.79 Å². The first-order valence-electron chi connectivity index (χ1n) is 5.91. The van der Waals surface area contributed by atoms with E-state index in [1.165, 1.54) is 6.42 Å². The molecule has 5 atom stereocenters. The molecule has 78 valence electrons. The van der Waals surface area contributed by atoms with Crippen LogP contribution in [0.4, 0.5) is 0 Å². The Kier molecular flexibility index (Phi) is 1.65. The van der Waals surface area contributed by atoms with Crippen LogP contribution >= 0.6 is 0 Å². The van der Waals surface area contributed by atoms with Crippen LogP contribution in [0.2, 0.25) is 0 Å². The van der Waals surface area contributed by atoms with Crippen LogP contribution in [0.1, 0.15) is 39.0 Å². The van der Waals surface area contributed by atoms with Crippen molar-refractivity contribution in [1.29, 1.82) is 0 Å². The van der Waals surface area contributed by atoms with Crippen LogP contribution < -0.4 is 0 Å². The fourth-order valence-electron chi connectivity index (χ4n) is 4.27. The van der Waals surface area contributed by atoms with E-state index in [0.29, 0.717) is 17.6 Å². The molecule has 2 heteroatoms. The second-order valence-electron chi connectivity index (χ2n) is 5.50. The molecule has 0 amide bonds. The smallest absolute Gasteiger partial charge is 0.141 e. The zero-order valence-corrected chi connectivity index (χ0v) is 8.70. The number of hydrogen-bond donors (Lipinski definition) is 1. The molecule has 4 fully saturated rings. The lowest BCUT2D eigenvalue weighted by atomic mass is 9.49. The van der Waals surface area contributed by atoms with Gasteiger partial charge in [-0.05, 0) is 43.9 Å². The highest BCUT2D eigenvalue weighted by Gasteiger charge is 2.59. The summed E-state index contributed by atoms with van der Waals surface area (Å²) in [5.74, 6) is 1.84. The Hall–Kier alpha value is -0.370. The van der Waals surface area contributed by atoms with Crippen LogP contribution in [0, 0.1) is 23.7 Å². The van der Waals surface area contributed by atoms with Crippen molar-refractivity contribution in [1.82, 2.24) is 0 Å². The molecule has 4 saturated carbocycles. The Morgan fingerprint density at radius 2 is 2.14 bits per heavy atom. The zero-order valence-electron chi connectivity index (χ0n) is 8.70. The summed E-state index contributed by atoms with van der Waals surface area (Å²) in [5, 5.41) is 10.5. The van der Waals surface area contributed by atoms with E-state index in [2.05, 4.69) is 0 Å². The summed E-state index contributed by atoms with van der Waals surface area (Å²) < 4.78 is 0. The molecule has 4 aliphatic carbocycles. The average molecular weight is 194 g/mol. The normalized spacial score (nSPS) is 55.4. The summed E-state index contributed by atoms with van der Waals surface area (Å²) in [7, 11) is 0. The molecule has 0 heterocycles. The third kappa shape index (κ3) is 0.881. The number of hydrogen-bond acceptors (Lipinski definition) is 2. The maximum Gasteiger partial charge on any atom is 0.141 e. The minimum absolute atomic E-state index is 0.0104. The molecule has 0 aromatic carbocycles. The molecular formula is C12H18O2. The predicted octanol–water partition coefficient (Wildman–Crippen LogP) is 1.76. The zero-order chi connectivity index (χ0) is 9.92. The lowest BCUT2D eigenvalue weighted by molar-refractivity contribution is -0.183. The van der Waals surface area contributed by atoms with Gasteiger partial charge in [0.25, 0.3) is 0 Å². The van der Waals surface area contributed by atoms with E-state index >= 15 is 0 Å². The summed E-state index contributed by atoms with van der Waals surface area (Å²) in [4.78, 5) is 12.0. The van der Waals surface area contributed by atoms with Gasteiger partial charge in [0.2, 0.25) is 0 Å². The molecule has 0 aliphatic heterocycles. The SMILES string of the molecule is CCC1(O)C2CC3CC(C2)C(=O)C1C3. The maximum absolute atomic E-state index is 12.0. The fraction of sp³-hybridized carbons (Fsp3) is 0.917. The Morgan fingerprint density at radius 1 is 1.36 bits per heavy atom. The number of ketones is 1. The topological polar surface area (TPSA) is 37.3 Å². The van der Waals surface area contributed by atoms with Crippen molar-refractivity contribution in [3.8, 4) is 0 Å². The first-order valence-corrected chi connectivity index (χ1v) is 5.91. The molecule has 0 radical (unpaired) electrons. The lowest BCUT2D eigenvalue weighted by Gasteiger charge is -2.57. The largest absolute Gasteiger partial charge is 0.389 e. The number of rotatable bonds is 1.